The topological polar surface area (TPSA) is 72.0 Å². The van der Waals surface area contributed by atoms with Crippen molar-refractivity contribution in [3.05, 3.63) is 46.9 Å². The molecule has 0 spiro atoms. The first-order valence-electron chi connectivity index (χ1n) is 6.50. The minimum Gasteiger partial charge on any atom is -0.368 e. The minimum absolute atomic E-state index is 0.393. The Morgan fingerprint density at radius 1 is 1.30 bits per heavy atom. The molecule has 3 rings (SSSR count). The van der Waals surface area contributed by atoms with Crippen LogP contribution in [0.15, 0.2) is 29.5 Å². The van der Waals surface area contributed by atoms with Crippen LogP contribution in [0.25, 0.3) is 10.9 Å². The van der Waals surface area contributed by atoms with Crippen molar-refractivity contribution < 1.29 is 0 Å². The largest absolute Gasteiger partial charge is 0.368 e. The second-order valence-electron chi connectivity index (χ2n) is 4.97. The third-order valence-electron chi connectivity index (χ3n) is 3.53. The standard InChI is InChI=1S/C15H17N5/c1-9-8-20(15(16)18-9)17-7-12-5-4-6-13-10(2)11(3)19-14(12)13/h4-8,19H,1-3H3,(H2,16,18). The van der Waals surface area contributed by atoms with Crippen LogP contribution in [-0.2, 0) is 0 Å². The third kappa shape index (κ3) is 1.97. The van der Waals surface area contributed by atoms with Gasteiger partial charge >= 0.3 is 0 Å². The van der Waals surface area contributed by atoms with Gasteiger partial charge in [-0.2, -0.15) is 5.10 Å². The lowest BCUT2D eigenvalue weighted by Gasteiger charge is -1.98. The van der Waals surface area contributed by atoms with E-state index < -0.39 is 0 Å². The monoisotopic (exact) mass is 267 g/mol. The van der Waals surface area contributed by atoms with Gasteiger partial charge in [0.25, 0.3) is 0 Å². The van der Waals surface area contributed by atoms with Crippen molar-refractivity contribution in [1.29, 1.82) is 0 Å². The number of aromatic amines is 1. The maximum Gasteiger partial charge on any atom is 0.221 e. The highest BCUT2D eigenvalue weighted by Gasteiger charge is 2.06. The number of H-pyrrole nitrogens is 1. The van der Waals surface area contributed by atoms with Crippen LogP contribution in [0.5, 0.6) is 0 Å². The zero-order valence-corrected chi connectivity index (χ0v) is 11.8. The number of rotatable bonds is 2. The molecule has 0 bridgehead atoms. The van der Waals surface area contributed by atoms with Crippen molar-refractivity contribution in [1.82, 2.24) is 14.6 Å². The first-order valence-corrected chi connectivity index (χ1v) is 6.50. The molecule has 20 heavy (non-hydrogen) atoms. The van der Waals surface area contributed by atoms with Crippen LogP contribution in [0.1, 0.15) is 22.5 Å². The summed E-state index contributed by atoms with van der Waals surface area (Å²) in [6.45, 7) is 6.08. The van der Waals surface area contributed by atoms with Gasteiger partial charge in [-0.15, -0.1) is 0 Å². The molecule has 0 unspecified atom stereocenters. The maximum absolute atomic E-state index is 5.78. The Labute approximate surface area is 117 Å². The van der Waals surface area contributed by atoms with Gasteiger partial charge in [-0.3, -0.25) is 0 Å². The number of nitrogens with zero attached hydrogens (tertiary/aromatic N) is 3. The average Bonchev–Trinajstić information content (AvgIpc) is 2.88. The van der Waals surface area contributed by atoms with Crippen LogP contribution in [0.2, 0.25) is 0 Å². The van der Waals surface area contributed by atoms with E-state index in [1.165, 1.54) is 16.6 Å². The van der Waals surface area contributed by atoms with Crippen molar-refractivity contribution in [2.24, 2.45) is 5.10 Å². The van der Waals surface area contributed by atoms with Gasteiger partial charge in [-0.1, -0.05) is 18.2 Å². The fourth-order valence-corrected chi connectivity index (χ4v) is 2.33. The summed E-state index contributed by atoms with van der Waals surface area (Å²) in [5, 5.41) is 5.59. The molecule has 2 aromatic heterocycles. The van der Waals surface area contributed by atoms with E-state index >= 15 is 0 Å². The first kappa shape index (κ1) is 12.5. The Hall–Kier alpha value is -2.56. The maximum atomic E-state index is 5.78. The van der Waals surface area contributed by atoms with Gasteiger partial charge in [0.2, 0.25) is 5.95 Å². The van der Waals surface area contributed by atoms with E-state index in [4.69, 9.17) is 5.73 Å². The van der Waals surface area contributed by atoms with Crippen molar-refractivity contribution in [2.45, 2.75) is 20.8 Å². The van der Waals surface area contributed by atoms with Crippen LogP contribution in [-0.4, -0.2) is 20.9 Å². The molecule has 0 amide bonds. The molecule has 0 saturated carbocycles. The zero-order valence-electron chi connectivity index (χ0n) is 11.8. The van der Waals surface area contributed by atoms with Crippen LogP contribution < -0.4 is 5.73 Å². The highest BCUT2D eigenvalue weighted by atomic mass is 15.4. The van der Waals surface area contributed by atoms with Crippen LogP contribution in [0.3, 0.4) is 0 Å². The molecule has 0 aliphatic carbocycles. The fourth-order valence-electron chi connectivity index (χ4n) is 2.33. The number of anilines is 1. The quantitative estimate of drug-likeness (QED) is 0.701. The Bertz CT molecular complexity index is 807. The number of hydrogen-bond acceptors (Lipinski definition) is 3. The molecule has 3 N–H and O–H groups in total. The summed E-state index contributed by atoms with van der Waals surface area (Å²) in [6.07, 6.45) is 3.60. The second-order valence-corrected chi connectivity index (χ2v) is 4.97. The van der Waals surface area contributed by atoms with Crippen molar-refractivity contribution in [2.75, 3.05) is 5.73 Å². The fraction of sp³-hybridized carbons (Fsp3) is 0.200. The van der Waals surface area contributed by atoms with Crippen molar-refractivity contribution in [3.63, 3.8) is 0 Å². The highest BCUT2D eigenvalue weighted by molar-refractivity contribution is 5.99. The van der Waals surface area contributed by atoms with Crippen LogP contribution in [0, 0.1) is 20.8 Å². The highest BCUT2D eigenvalue weighted by Crippen LogP contribution is 2.23. The number of nitrogens with two attached hydrogens (primary N) is 1. The predicted octanol–water partition coefficient (Wildman–Crippen LogP) is 2.75. The van der Waals surface area contributed by atoms with E-state index in [9.17, 15) is 0 Å². The zero-order chi connectivity index (χ0) is 14.3. The number of imidazole rings is 1. The summed E-state index contributed by atoms with van der Waals surface area (Å²) < 4.78 is 1.58. The number of nitrogens with one attached hydrogen (secondary N) is 1. The number of aromatic nitrogens is 3. The van der Waals surface area contributed by atoms with Gasteiger partial charge in [0.05, 0.1) is 23.6 Å². The van der Waals surface area contributed by atoms with Crippen molar-refractivity contribution in [3.8, 4) is 0 Å². The van der Waals surface area contributed by atoms with E-state index in [1.54, 1.807) is 17.1 Å². The van der Waals surface area contributed by atoms with Gasteiger partial charge in [0.1, 0.15) is 0 Å². The van der Waals surface area contributed by atoms with E-state index in [-0.39, 0.29) is 0 Å². The van der Waals surface area contributed by atoms with Gasteiger partial charge in [-0.05, 0) is 26.3 Å². The number of nitrogen functional groups attached to an aromatic ring is 1. The number of para-hydroxylation sites is 1. The van der Waals surface area contributed by atoms with Crippen LogP contribution in [0.4, 0.5) is 5.95 Å². The van der Waals surface area contributed by atoms with E-state index in [2.05, 4.69) is 35.0 Å². The number of fused-ring (bicyclic) bond motifs is 1. The van der Waals surface area contributed by atoms with E-state index in [1.807, 2.05) is 19.1 Å². The lowest BCUT2D eigenvalue weighted by atomic mass is 10.1. The molecule has 0 aliphatic heterocycles. The van der Waals surface area contributed by atoms with Crippen LogP contribution >= 0.6 is 0 Å². The lowest BCUT2D eigenvalue weighted by Crippen LogP contribution is -1.97. The molecule has 0 atom stereocenters. The molecular formula is C15H17N5. The number of aryl methyl sites for hydroxylation is 3. The molecule has 5 nitrogen and oxygen atoms in total. The molecule has 0 radical (unpaired) electrons. The normalized spacial score (nSPS) is 11.8. The summed E-state index contributed by atoms with van der Waals surface area (Å²) in [7, 11) is 0. The molecule has 2 heterocycles. The molecule has 0 aliphatic rings. The Balaban J connectivity index is 2.07. The Kier molecular flexibility index (Phi) is 2.82. The van der Waals surface area contributed by atoms with E-state index in [0.29, 0.717) is 5.95 Å². The second kappa shape index (κ2) is 4.52. The predicted molar refractivity (Wildman–Crippen MR) is 82.1 cm³/mol. The van der Waals surface area contributed by atoms with Gasteiger partial charge in [0, 0.05) is 16.6 Å². The average molecular weight is 267 g/mol. The first-order chi connectivity index (χ1) is 9.56. The Morgan fingerprint density at radius 2 is 2.10 bits per heavy atom. The van der Waals surface area contributed by atoms with Gasteiger partial charge in [0.15, 0.2) is 0 Å². The number of benzene rings is 1. The lowest BCUT2D eigenvalue weighted by molar-refractivity contribution is 0.897. The minimum atomic E-state index is 0.393. The number of hydrogen-bond donors (Lipinski definition) is 2. The molecule has 3 aromatic rings. The van der Waals surface area contributed by atoms with Gasteiger partial charge < -0.3 is 10.7 Å². The molecule has 0 fully saturated rings. The molecule has 102 valence electrons. The summed E-state index contributed by atoms with van der Waals surface area (Å²) in [4.78, 5) is 7.53. The summed E-state index contributed by atoms with van der Waals surface area (Å²) in [5.74, 6) is 0.393. The summed E-state index contributed by atoms with van der Waals surface area (Å²) in [6, 6.07) is 6.18. The third-order valence-corrected chi connectivity index (χ3v) is 3.53. The smallest absolute Gasteiger partial charge is 0.221 e. The van der Waals surface area contributed by atoms with Gasteiger partial charge in [-0.25, -0.2) is 9.66 Å². The molecular weight excluding hydrogens is 250 g/mol. The Morgan fingerprint density at radius 3 is 2.80 bits per heavy atom. The SMILES string of the molecule is Cc1cn(N=Cc2cccc3c(C)c(C)[nH]c23)c(N)n1. The molecule has 1 aromatic carbocycles. The molecule has 5 heteroatoms. The molecule has 0 saturated heterocycles. The summed E-state index contributed by atoms with van der Waals surface area (Å²) in [5.41, 5.74) is 11.2. The summed E-state index contributed by atoms with van der Waals surface area (Å²) >= 11 is 0. The van der Waals surface area contributed by atoms with E-state index in [0.717, 1.165) is 16.8 Å². The van der Waals surface area contributed by atoms with Crippen molar-refractivity contribution >= 4 is 23.1 Å².